The molecule has 19 heavy (non-hydrogen) atoms. The van der Waals surface area contributed by atoms with Crippen molar-refractivity contribution in [1.29, 1.82) is 0 Å². The van der Waals surface area contributed by atoms with Gasteiger partial charge in [0.05, 0.1) is 0 Å². The van der Waals surface area contributed by atoms with E-state index in [1.165, 1.54) is 0 Å². The lowest BCUT2D eigenvalue weighted by Crippen LogP contribution is -2.36. The van der Waals surface area contributed by atoms with Gasteiger partial charge in [-0.05, 0) is 38.8 Å². The Morgan fingerprint density at radius 1 is 1.32 bits per heavy atom. The highest BCUT2D eigenvalue weighted by atomic mass is 16.2. The van der Waals surface area contributed by atoms with Gasteiger partial charge in [0.2, 0.25) is 0 Å². The van der Waals surface area contributed by atoms with Gasteiger partial charge in [-0.25, -0.2) is 4.98 Å². The van der Waals surface area contributed by atoms with Crippen LogP contribution in [-0.2, 0) is 0 Å². The van der Waals surface area contributed by atoms with Crippen molar-refractivity contribution in [3.8, 4) is 0 Å². The van der Waals surface area contributed by atoms with Crippen molar-refractivity contribution < 1.29 is 4.79 Å². The molecule has 1 aromatic rings. The van der Waals surface area contributed by atoms with Gasteiger partial charge in [-0.15, -0.1) is 0 Å². The summed E-state index contributed by atoms with van der Waals surface area (Å²) in [6.45, 7) is 10.9. The Hall–Kier alpha value is -1.58. The predicted octanol–water partition coefficient (Wildman–Crippen LogP) is 3.12. The fraction of sp³-hybridized carbons (Fsp3) is 0.600. The van der Waals surface area contributed by atoms with E-state index in [0.717, 1.165) is 11.5 Å². The summed E-state index contributed by atoms with van der Waals surface area (Å²) in [6, 6.07) is 3.92. The normalized spacial score (nSPS) is 10.9. The number of nitrogens with one attached hydrogen (secondary N) is 1. The zero-order valence-corrected chi connectivity index (χ0v) is 12.8. The van der Waals surface area contributed by atoms with Gasteiger partial charge >= 0.3 is 0 Å². The quantitative estimate of drug-likeness (QED) is 0.887. The first-order valence-corrected chi connectivity index (χ1v) is 6.91. The van der Waals surface area contributed by atoms with Crippen LogP contribution < -0.4 is 5.32 Å². The van der Waals surface area contributed by atoms with Gasteiger partial charge < -0.3 is 10.2 Å². The Labute approximate surface area is 116 Å². The van der Waals surface area contributed by atoms with Gasteiger partial charge in [0.25, 0.3) is 5.91 Å². The average molecular weight is 263 g/mol. The maximum atomic E-state index is 12.5. The maximum absolute atomic E-state index is 12.5. The average Bonchev–Trinajstić information content (AvgIpc) is 2.38. The second-order valence-electron chi connectivity index (χ2n) is 5.26. The molecule has 0 atom stereocenters. The van der Waals surface area contributed by atoms with Crippen LogP contribution in [0.4, 0.5) is 5.82 Å². The minimum absolute atomic E-state index is 0.0679. The first-order chi connectivity index (χ1) is 8.90. The first-order valence-electron chi connectivity index (χ1n) is 6.91. The van der Waals surface area contributed by atoms with E-state index in [0.29, 0.717) is 18.0 Å². The summed E-state index contributed by atoms with van der Waals surface area (Å²) in [5, 5.41) is 3.02. The summed E-state index contributed by atoms with van der Waals surface area (Å²) >= 11 is 0. The minimum atomic E-state index is 0.0679. The summed E-state index contributed by atoms with van der Waals surface area (Å²) in [7, 11) is 1.82. The van der Waals surface area contributed by atoms with Crippen LogP contribution in [0.2, 0.25) is 0 Å². The molecule has 0 radical (unpaired) electrons. The van der Waals surface area contributed by atoms with Crippen LogP contribution in [0.1, 0.15) is 56.6 Å². The van der Waals surface area contributed by atoms with Crippen LogP contribution in [0.3, 0.4) is 0 Å². The molecular weight excluding hydrogens is 238 g/mol. The molecule has 1 rings (SSSR count). The van der Waals surface area contributed by atoms with E-state index in [2.05, 4.69) is 24.1 Å². The van der Waals surface area contributed by atoms with Crippen LogP contribution in [-0.4, -0.2) is 35.4 Å². The van der Waals surface area contributed by atoms with Crippen LogP contribution in [0, 0.1) is 0 Å². The smallest absolute Gasteiger partial charge is 0.254 e. The number of hydrogen-bond donors (Lipinski definition) is 1. The van der Waals surface area contributed by atoms with Crippen molar-refractivity contribution in [3.63, 3.8) is 0 Å². The van der Waals surface area contributed by atoms with Crippen molar-refractivity contribution in [1.82, 2.24) is 9.88 Å². The number of aromatic nitrogens is 1. The van der Waals surface area contributed by atoms with Gasteiger partial charge in [-0.1, -0.05) is 13.8 Å². The minimum Gasteiger partial charge on any atom is -0.373 e. The molecule has 1 aromatic heterocycles. The summed E-state index contributed by atoms with van der Waals surface area (Å²) in [5.41, 5.74) is 1.65. The third kappa shape index (κ3) is 3.69. The lowest BCUT2D eigenvalue weighted by atomic mass is 10.1. The molecule has 0 aliphatic rings. The number of anilines is 1. The molecular formula is C15H25N3O. The third-order valence-corrected chi connectivity index (χ3v) is 3.16. The van der Waals surface area contributed by atoms with Crippen molar-refractivity contribution >= 4 is 11.7 Å². The van der Waals surface area contributed by atoms with E-state index in [1.807, 2.05) is 44.9 Å². The van der Waals surface area contributed by atoms with Gasteiger partial charge in [0.15, 0.2) is 0 Å². The van der Waals surface area contributed by atoms with Gasteiger partial charge in [-0.3, -0.25) is 4.79 Å². The highest BCUT2D eigenvalue weighted by molar-refractivity contribution is 5.95. The number of carbonyl (C=O) groups excluding carboxylic acids is 1. The SMILES string of the molecule is CCN(C(=O)c1cc(NC)nc(C(C)C)c1)C(C)C. The highest BCUT2D eigenvalue weighted by Gasteiger charge is 2.19. The Morgan fingerprint density at radius 3 is 2.37 bits per heavy atom. The largest absolute Gasteiger partial charge is 0.373 e. The molecule has 4 heteroatoms. The molecule has 0 spiro atoms. The number of pyridine rings is 1. The van der Waals surface area contributed by atoms with Crippen molar-refractivity contribution in [3.05, 3.63) is 23.4 Å². The van der Waals surface area contributed by atoms with E-state index in [1.54, 1.807) is 0 Å². The summed E-state index contributed by atoms with van der Waals surface area (Å²) in [5.74, 6) is 1.11. The second-order valence-corrected chi connectivity index (χ2v) is 5.26. The zero-order valence-electron chi connectivity index (χ0n) is 12.8. The van der Waals surface area contributed by atoms with Crippen LogP contribution >= 0.6 is 0 Å². The summed E-state index contributed by atoms with van der Waals surface area (Å²) in [6.07, 6.45) is 0. The standard InChI is InChI=1S/C15H25N3O/c1-7-18(11(4)5)15(19)12-8-13(10(2)3)17-14(9-12)16-6/h8-11H,7H2,1-6H3,(H,16,17). The molecule has 106 valence electrons. The molecule has 1 amide bonds. The topological polar surface area (TPSA) is 45.2 Å². The molecule has 0 aromatic carbocycles. The fourth-order valence-corrected chi connectivity index (χ4v) is 2.01. The monoisotopic (exact) mass is 263 g/mol. The lowest BCUT2D eigenvalue weighted by molar-refractivity contribution is 0.0716. The van der Waals surface area contributed by atoms with E-state index >= 15 is 0 Å². The highest BCUT2D eigenvalue weighted by Crippen LogP contribution is 2.19. The maximum Gasteiger partial charge on any atom is 0.254 e. The van der Waals surface area contributed by atoms with Crippen molar-refractivity contribution in [2.24, 2.45) is 0 Å². The number of hydrogen-bond acceptors (Lipinski definition) is 3. The molecule has 1 heterocycles. The lowest BCUT2D eigenvalue weighted by Gasteiger charge is -2.25. The Balaban J connectivity index is 3.18. The Bertz CT molecular complexity index is 441. The van der Waals surface area contributed by atoms with Crippen LogP contribution in [0.5, 0.6) is 0 Å². The number of amides is 1. The first kappa shape index (κ1) is 15.5. The fourth-order valence-electron chi connectivity index (χ4n) is 2.01. The molecule has 0 aliphatic carbocycles. The number of rotatable bonds is 5. The molecule has 0 saturated carbocycles. The molecule has 0 unspecified atom stereocenters. The van der Waals surface area contributed by atoms with Crippen molar-refractivity contribution in [2.75, 3.05) is 18.9 Å². The zero-order chi connectivity index (χ0) is 14.6. The molecule has 0 aliphatic heterocycles. The molecule has 1 N–H and O–H groups in total. The van der Waals surface area contributed by atoms with Gasteiger partial charge in [0, 0.05) is 30.9 Å². The number of carbonyl (C=O) groups is 1. The van der Waals surface area contributed by atoms with E-state index < -0.39 is 0 Å². The van der Waals surface area contributed by atoms with Crippen molar-refractivity contribution in [2.45, 2.75) is 46.6 Å². The van der Waals surface area contributed by atoms with E-state index in [4.69, 9.17) is 0 Å². The van der Waals surface area contributed by atoms with Gasteiger partial charge in [-0.2, -0.15) is 0 Å². The van der Waals surface area contributed by atoms with E-state index in [-0.39, 0.29) is 11.9 Å². The molecule has 4 nitrogen and oxygen atoms in total. The third-order valence-electron chi connectivity index (χ3n) is 3.16. The molecule has 0 saturated heterocycles. The predicted molar refractivity (Wildman–Crippen MR) is 79.7 cm³/mol. The Morgan fingerprint density at radius 2 is 1.95 bits per heavy atom. The van der Waals surface area contributed by atoms with E-state index in [9.17, 15) is 4.79 Å². The van der Waals surface area contributed by atoms with Gasteiger partial charge in [0.1, 0.15) is 5.82 Å². The summed E-state index contributed by atoms with van der Waals surface area (Å²) in [4.78, 5) is 18.9. The second kappa shape index (κ2) is 6.55. The molecule has 0 fully saturated rings. The van der Waals surface area contributed by atoms with Crippen LogP contribution in [0.25, 0.3) is 0 Å². The summed E-state index contributed by atoms with van der Waals surface area (Å²) < 4.78 is 0. The molecule has 0 bridgehead atoms. The Kier molecular flexibility index (Phi) is 5.33. The number of nitrogens with zero attached hydrogens (tertiary/aromatic N) is 2. The van der Waals surface area contributed by atoms with Crippen LogP contribution in [0.15, 0.2) is 12.1 Å².